The third kappa shape index (κ3) is 2.16. The van der Waals surface area contributed by atoms with E-state index in [1.54, 1.807) is 0 Å². The number of benzene rings is 1. The molecule has 1 heterocycles. The van der Waals surface area contributed by atoms with E-state index in [9.17, 15) is 13.2 Å². The lowest BCUT2D eigenvalue weighted by atomic mass is 9.94. The highest BCUT2D eigenvalue weighted by atomic mass is 35.5. The van der Waals surface area contributed by atoms with Gasteiger partial charge in [-0.05, 0) is 31.5 Å². The molecule has 0 bridgehead atoms. The predicted molar refractivity (Wildman–Crippen MR) is 70.3 cm³/mol. The molecule has 18 heavy (non-hydrogen) atoms. The van der Waals surface area contributed by atoms with Crippen molar-refractivity contribution in [3.8, 4) is 0 Å². The van der Waals surface area contributed by atoms with E-state index in [2.05, 4.69) is 4.72 Å². The van der Waals surface area contributed by atoms with Crippen LogP contribution >= 0.6 is 23.2 Å². The summed E-state index contributed by atoms with van der Waals surface area (Å²) in [5.41, 5.74) is -0.865. The molecule has 0 aromatic heterocycles. The third-order valence-corrected chi connectivity index (χ3v) is 5.25. The smallest absolute Gasteiger partial charge is 0.226 e. The third-order valence-electron chi connectivity index (χ3n) is 2.81. The summed E-state index contributed by atoms with van der Waals surface area (Å²) in [6.45, 7) is 3.05. The molecular formula is C11H11Cl2NO3S. The van der Waals surface area contributed by atoms with Crippen molar-refractivity contribution in [3.63, 3.8) is 0 Å². The fourth-order valence-corrected chi connectivity index (χ4v) is 4.58. The van der Waals surface area contributed by atoms with Gasteiger partial charge in [-0.2, -0.15) is 0 Å². The fraction of sp³-hybridized carbons (Fsp3) is 0.364. The van der Waals surface area contributed by atoms with Crippen LogP contribution in [0.3, 0.4) is 0 Å². The molecule has 1 saturated heterocycles. The van der Waals surface area contributed by atoms with Gasteiger partial charge in [0.1, 0.15) is 0 Å². The molecule has 1 aromatic rings. The zero-order valence-electron chi connectivity index (χ0n) is 9.70. The van der Waals surface area contributed by atoms with Crippen LogP contribution in [0.25, 0.3) is 0 Å². The second-order valence-electron chi connectivity index (χ2n) is 4.68. The Morgan fingerprint density at radius 2 is 1.89 bits per heavy atom. The van der Waals surface area contributed by atoms with Crippen molar-refractivity contribution in [1.82, 2.24) is 4.72 Å². The summed E-state index contributed by atoms with van der Waals surface area (Å²) in [5, 5.41) is -0.722. The summed E-state index contributed by atoms with van der Waals surface area (Å²) in [5.74, 6) is -0.424. The Bertz CT molecular complexity index is 625. The average Bonchev–Trinajstić information content (AvgIpc) is 2.34. The van der Waals surface area contributed by atoms with Crippen LogP contribution in [-0.4, -0.2) is 19.7 Å². The summed E-state index contributed by atoms with van der Waals surface area (Å²) in [6, 6.07) is 4.40. The van der Waals surface area contributed by atoms with E-state index >= 15 is 0 Å². The van der Waals surface area contributed by atoms with Crippen molar-refractivity contribution in [2.45, 2.75) is 24.6 Å². The van der Waals surface area contributed by atoms with Crippen molar-refractivity contribution in [2.75, 3.05) is 0 Å². The van der Waals surface area contributed by atoms with E-state index < -0.39 is 26.6 Å². The lowest BCUT2D eigenvalue weighted by Crippen LogP contribution is -2.39. The number of hydrogen-bond donors (Lipinski definition) is 1. The Kier molecular flexibility index (Phi) is 3.22. The molecule has 1 N–H and O–H groups in total. The molecule has 0 spiro atoms. The molecule has 7 heteroatoms. The lowest BCUT2D eigenvalue weighted by Gasteiger charge is -2.13. The molecule has 1 aliphatic heterocycles. The van der Waals surface area contributed by atoms with Crippen LogP contribution in [0, 0.1) is 0 Å². The van der Waals surface area contributed by atoms with Crippen molar-refractivity contribution in [1.29, 1.82) is 0 Å². The van der Waals surface area contributed by atoms with E-state index in [1.165, 1.54) is 32.0 Å². The van der Waals surface area contributed by atoms with Crippen LogP contribution in [0.1, 0.15) is 24.7 Å². The van der Waals surface area contributed by atoms with Gasteiger partial charge in [0.15, 0.2) is 11.0 Å². The topological polar surface area (TPSA) is 63.2 Å². The Morgan fingerprint density at radius 1 is 1.28 bits per heavy atom. The van der Waals surface area contributed by atoms with Crippen molar-refractivity contribution in [3.05, 3.63) is 33.8 Å². The van der Waals surface area contributed by atoms with Crippen molar-refractivity contribution < 1.29 is 13.2 Å². The van der Waals surface area contributed by atoms with E-state index in [0.29, 0.717) is 5.02 Å². The number of ketones is 1. The number of nitrogens with one attached hydrogen (secondary N) is 1. The minimum Gasteiger partial charge on any atom is -0.296 e. The molecule has 98 valence electrons. The molecule has 4 nitrogen and oxygen atoms in total. The molecule has 2 rings (SSSR count). The first-order valence-electron chi connectivity index (χ1n) is 5.17. The maximum absolute atomic E-state index is 12.1. The number of carbonyl (C=O) groups excluding carboxylic acids is 1. The quantitative estimate of drug-likeness (QED) is 0.866. The van der Waals surface area contributed by atoms with Crippen LogP contribution in [0.5, 0.6) is 0 Å². The highest BCUT2D eigenvalue weighted by Crippen LogP contribution is 2.38. The van der Waals surface area contributed by atoms with Crippen LogP contribution < -0.4 is 4.72 Å². The van der Waals surface area contributed by atoms with Gasteiger partial charge in [0, 0.05) is 10.0 Å². The number of Topliss-reactive ketones (excluding diaryl/α,β-unsaturated/α-hetero) is 1. The number of rotatable bonds is 1. The van der Waals surface area contributed by atoms with E-state index in [-0.39, 0.29) is 10.6 Å². The standard InChI is InChI=1S/C11H11Cl2NO3S/c1-11(2)10(15)9(18(16,17)14-11)7-4-3-6(12)5-8(7)13/h3-5,9,14H,1-2H3. The van der Waals surface area contributed by atoms with Gasteiger partial charge in [0.05, 0.1) is 5.54 Å². The molecule has 0 aliphatic carbocycles. The van der Waals surface area contributed by atoms with Crippen LogP contribution in [0.15, 0.2) is 18.2 Å². The summed E-state index contributed by atoms with van der Waals surface area (Å²) < 4.78 is 26.3. The van der Waals surface area contributed by atoms with Gasteiger partial charge in [0.25, 0.3) is 0 Å². The number of carbonyl (C=O) groups is 1. The van der Waals surface area contributed by atoms with Crippen molar-refractivity contribution in [2.24, 2.45) is 0 Å². The van der Waals surface area contributed by atoms with Crippen LogP contribution in [0.2, 0.25) is 10.0 Å². The lowest BCUT2D eigenvalue weighted by molar-refractivity contribution is -0.122. The zero-order chi connectivity index (χ0) is 13.7. The largest absolute Gasteiger partial charge is 0.296 e. The number of hydrogen-bond acceptors (Lipinski definition) is 3. The van der Waals surface area contributed by atoms with E-state index in [4.69, 9.17) is 23.2 Å². The molecule has 1 aliphatic rings. The summed E-state index contributed by atoms with van der Waals surface area (Å²) >= 11 is 11.7. The second-order valence-corrected chi connectivity index (χ2v) is 7.29. The summed E-state index contributed by atoms with van der Waals surface area (Å²) in [6.07, 6.45) is 0. The zero-order valence-corrected chi connectivity index (χ0v) is 12.0. The molecule has 1 unspecified atom stereocenters. The normalized spacial score (nSPS) is 25.3. The number of sulfonamides is 1. The summed E-state index contributed by atoms with van der Waals surface area (Å²) in [7, 11) is -3.76. The molecule has 0 amide bonds. The predicted octanol–water partition coefficient (Wildman–Crippen LogP) is 2.32. The maximum atomic E-state index is 12.1. The van der Waals surface area contributed by atoms with Gasteiger partial charge >= 0.3 is 0 Å². The van der Waals surface area contributed by atoms with E-state index in [0.717, 1.165) is 0 Å². The highest BCUT2D eigenvalue weighted by molar-refractivity contribution is 7.91. The van der Waals surface area contributed by atoms with Gasteiger partial charge < -0.3 is 0 Å². The van der Waals surface area contributed by atoms with Crippen molar-refractivity contribution >= 4 is 39.0 Å². The SMILES string of the molecule is CC1(C)NS(=O)(=O)C(c2ccc(Cl)cc2Cl)C1=O. The van der Waals surface area contributed by atoms with E-state index in [1.807, 2.05) is 0 Å². The first kappa shape index (κ1) is 13.8. The molecule has 1 fully saturated rings. The highest BCUT2D eigenvalue weighted by Gasteiger charge is 2.52. The van der Waals surface area contributed by atoms with Crippen LogP contribution in [-0.2, 0) is 14.8 Å². The first-order valence-corrected chi connectivity index (χ1v) is 7.47. The Balaban J connectivity index is 2.60. The average molecular weight is 308 g/mol. The van der Waals surface area contributed by atoms with Gasteiger partial charge in [-0.1, -0.05) is 29.3 Å². The molecule has 0 radical (unpaired) electrons. The van der Waals surface area contributed by atoms with Crippen LogP contribution in [0.4, 0.5) is 0 Å². The summed E-state index contributed by atoms with van der Waals surface area (Å²) in [4.78, 5) is 12.1. The van der Waals surface area contributed by atoms with Gasteiger partial charge in [-0.25, -0.2) is 13.1 Å². The molecular weight excluding hydrogens is 297 g/mol. The Morgan fingerprint density at radius 3 is 2.33 bits per heavy atom. The van der Waals surface area contributed by atoms with Gasteiger partial charge in [0.2, 0.25) is 10.0 Å². The minimum atomic E-state index is -3.76. The Hall–Kier alpha value is -0.620. The fourth-order valence-electron chi connectivity index (χ4n) is 1.96. The van der Waals surface area contributed by atoms with Gasteiger partial charge in [-0.15, -0.1) is 0 Å². The molecule has 1 aromatic carbocycles. The first-order chi connectivity index (χ1) is 8.15. The second kappa shape index (κ2) is 4.20. The molecule has 1 atom stereocenters. The van der Waals surface area contributed by atoms with Gasteiger partial charge in [-0.3, -0.25) is 4.79 Å². The number of halogens is 2. The monoisotopic (exact) mass is 307 g/mol. The Labute approximate surface area is 115 Å². The minimum absolute atomic E-state index is 0.170. The molecule has 0 saturated carbocycles. The maximum Gasteiger partial charge on any atom is 0.226 e.